The Bertz CT molecular complexity index is 926. The van der Waals surface area contributed by atoms with Crippen LogP contribution in [0, 0.1) is 0 Å². The molecule has 4 rings (SSSR count). The van der Waals surface area contributed by atoms with Crippen LogP contribution in [-0.2, 0) is 27.3 Å². The Morgan fingerprint density at radius 1 is 1.13 bits per heavy atom. The van der Waals surface area contributed by atoms with Crippen molar-refractivity contribution in [2.24, 2.45) is 0 Å². The molecule has 0 spiro atoms. The van der Waals surface area contributed by atoms with Gasteiger partial charge in [-0.15, -0.1) is 0 Å². The molecule has 1 saturated heterocycles. The zero-order valence-electron chi connectivity index (χ0n) is 17.2. The lowest BCUT2D eigenvalue weighted by atomic mass is 10.00. The van der Waals surface area contributed by atoms with Crippen molar-refractivity contribution in [2.45, 2.75) is 38.8 Å². The Morgan fingerprint density at radius 2 is 1.93 bits per heavy atom. The highest BCUT2D eigenvalue weighted by Crippen LogP contribution is 2.28. The minimum atomic E-state index is -0.801. The zero-order valence-corrected chi connectivity index (χ0v) is 17.2. The number of H-pyrrole nitrogens is 1. The van der Waals surface area contributed by atoms with Crippen LogP contribution in [0.3, 0.4) is 0 Å². The van der Waals surface area contributed by atoms with E-state index in [1.54, 1.807) is 16.0 Å². The van der Waals surface area contributed by atoms with Crippen LogP contribution in [0.4, 0.5) is 0 Å². The highest BCUT2D eigenvalue weighted by molar-refractivity contribution is 6.35. The number of carbonyl (C=O) groups is 3. The van der Waals surface area contributed by atoms with Crippen molar-refractivity contribution in [2.75, 3.05) is 26.2 Å². The molecule has 1 aromatic heterocycles. The van der Waals surface area contributed by atoms with E-state index in [9.17, 15) is 14.4 Å². The van der Waals surface area contributed by atoms with E-state index in [-0.39, 0.29) is 5.91 Å². The maximum absolute atomic E-state index is 13.6. The summed E-state index contributed by atoms with van der Waals surface area (Å²) in [5.74, 6) is -1.27. The second kappa shape index (κ2) is 8.69. The third-order valence-electron chi connectivity index (χ3n) is 5.90. The van der Waals surface area contributed by atoms with Crippen LogP contribution in [0.2, 0.25) is 0 Å². The molecule has 1 atom stereocenters. The summed E-state index contributed by atoms with van der Waals surface area (Å²) in [6, 6.07) is 8.46. The van der Waals surface area contributed by atoms with Gasteiger partial charge in [0.25, 0.3) is 0 Å². The van der Waals surface area contributed by atoms with Gasteiger partial charge in [-0.05, 0) is 12.0 Å². The Morgan fingerprint density at radius 3 is 2.70 bits per heavy atom. The number of hydrogen-bond acceptors (Lipinski definition) is 4. The largest absolute Gasteiger partial charge is 0.336 e. The van der Waals surface area contributed by atoms with E-state index in [2.05, 4.69) is 17.1 Å². The number of fused-ring (bicyclic) bond motifs is 1. The molecule has 3 amide bonds. The minimum Gasteiger partial charge on any atom is -0.336 e. The predicted octanol–water partition coefficient (Wildman–Crippen LogP) is 1.51. The summed E-state index contributed by atoms with van der Waals surface area (Å²) in [6.07, 6.45) is 4.26. The van der Waals surface area contributed by atoms with Crippen molar-refractivity contribution in [1.82, 2.24) is 24.9 Å². The number of nitrogens with zero attached hydrogens (tertiary/aromatic N) is 4. The van der Waals surface area contributed by atoms with Gasteiger partial charge in [0.15, 0.2) is 0 Å². The third kappa shape index (κ3) is 3.81. The number of aromatic nitrogens is 2. The molecule has 30 heavy (non-hydrogen) atoms. The first kappa shape index (κ1) is 20.1. The van der Waals surface area contributed by atoms with Gasteiger partial charge >= 0.3 is 11.8 Å². The van der Waals surface area contributed by atoms with Crippen molar-refractivity contribution in [3.05, 3.63) is 53.3 Å². The normalized spacial score (nSPS) is 17.8. The summed E-state index contributed by atoms with van der Waals surface area (Å²) < 4.78 is 0. The molecule has 158 valence electrons. The minimum absolute atomic E-state index is 0.156. The second-order valence-electron chi connectivity index (χ2n) is 7.84. The number of benzene rings is 1. The quantitative estimate of drug-likeness (QED) is 0.733. The second-order valence-corrected chi connectivity index (χ2v) is 7.84. The number of rotatable bonds is 6. The molecule has 3 heterocycles. The van der Waals surface area contributed by atoms with Crippen LogP contribution in [-0.4, -0.2) is 68.8 Å². The van der Waals surface area contributed by atoms with Gasteiger partial charge in [-0.3, -0.25) is 19.5 Å². The van der Waals surface area contributed by atoms with E-state index in [1.165, 1.54) is 4.90 Å². The lowest BCUT2D eigenvalue weighted by Crippen LogP contribution is -2.57. The molecular weight excluding hydrogens is 382 g/mol. The average molecular weight is 409 g/mol. The Balaban J connectivity index is 1.59. The Kier molecular flexibility index (Phi) is 5.83. The van der Waals surface area contributed by atoms with Crippen molar-refractivity contribution in [3.63, 3.8) is 0 Å². The fraction of sp³-hybridized carbons (Fsp3) is 0.455. The van der Waals surface area contributed by atoms with E-state index >= 15 is 0 Å². The molecule has 0 bridgehead atoms. The van der Waals surface area contributed by atoms with Crippen LogP contribution < -0.4 is 0 Å². The number of piperazine rings is 1. The molecule has 2 aliphatic rings. The SMILES string of the molecule is CCCCN1CCN([C@@H](C(=O)N2CCc3[nH]ncc3C2)c2ccccc2)C(=O)C1=O. The highest BCUT2D eigenvalue weighted by Gasteiger charge is 2.41. The topological polar surface area (TPSA) is 89.6 Å². The summed E-state index contributed by atoms with van der Waals surface area (Å²) in [7, 11) is 0. The zero-order chi connectivity index (χ0) is 21.1. The van der Waals surface area contributed by atoms with Crippen LogP contribution in [0.1, 0.15) is 42.6 Å². The van der Waals surface area contributed by atoms with Gasteiger partial charge < -0.3 is 14.7 Å². The van der Waals surface area contributed by atoms with Crippen LogP contribution in [0.15, 0.2) is 36.5 Å². The first-order valence-corrected chi connectivity index (χ1v) is 10.5. The number of nitrogens with one attached hydrogen (secondary N) is 1. The number of hydrogen-bond donors (Lipinski definition) is 1. The van der Waals surface area contributed by atoms with Gasteiger partial charge in [0.1, 0.15) is 6.04 Å². The smallest absolute Gasteiger partial charge is 0.313 e. The van der Waals surface area contributed by atoms with Crippen molar-refractivity contribution in [3.8, 4) is 0 Å². The van der Waals surface area contributed by atoms with Gasteiger partial charge in [0.05, 0.1) is 6.20 Å². The van der Waals surface area contributed by atoms with Crippen LogP contribution in [0.25, 0.3) is 0 Å². The van der Waals surface area contributed by atoms with Crippen LogP contribution in [0.5, 0.6) is 0 Å². The lowest BCUT2D eigenvalue weighted by molar-refractivity contribution is -0.161. The molecule has 2 aliphatic heterocycles. The van der Waals surface area contributed by atoms with Gasteiger partial charge in [-0.25, -0.2) is 0 Å². The molecule has 8 nitrogen and oxygen atoms in total. The van der Waals surface area contributed by atoms with E-state index in [4.69, 9.17) is 0 Å². The van der Waals surface area contributed by atoms with Gasteiger partial charge in [0.2, 0.25) is 5.91 Å². The summed E-state index contributed by atoms with van der Waals surface area (Å²) in [5.41, 5.74) is 2.77. The molecule has 0 radical (unpaired) electrons. The number of aromatic amines is 1. The monoisotopic (exact) mass is 409 g/mol. The number of unbranched alkanes of at least 4 members (excludes halogenated alkanes) is 1. The van der Waals surface area contributed by atoms with E-state index in [0.29, 0.717) is 39.1 Å². The fourth-order valence-corrected chi connectivity index (χ4v) is 4.17. The number of carbonyl (C=O) groups excluding carboxylic acids is 3. The molecule has 2 aromatic rings. The van der Waals surface area contributed by atoms with Crippen molar-refractivity contribution >= 4 is 17.7 Å². The summed E-state index contributed by atoms with van der Waals surface area (Å²) in [4.78, 5) is 44.1. The molecular formula is C22H27N5O3. The predicted molar refractivity (Wildman–Crippen MR) is 110 cm³/mol. The summed E-state index contributed by atoms with van der Waals surface area (Å²) in [5, 5.41) is 7.04. The molecule has 8 heteroatoms. The molecule has 0 saturated carbocycles. The Labute approximate surface area is 175 Å². The van der Waals surface area contributed by atoms with Gasteiger partial charge in [-0.2, -0.15) is 5.10 Å². The highest BCUT2D eigenvalue weighted by atomic mass is 16.2. The fourth-order valence-electron chi connectivity index (χ4n) is 4.17. The lowest BCUT2D eigenvalue weighted by Gasteiger charge is -2.40. The third-order valence-corrected chi connectivity index (χ3v) is 5.90. The van der Waals surface area contributed by atoms with Gasteiger partial charge in [-0.1, -0.05) is 43.7 Å². The Hall–Kier alpha value is -3.16. The van der Waals surface area contributed by atoms with Gasteiger partial charge in [0, 0.05) is 50.4 Å². The molecule has 1 aromatic carbocycles. The van der Waals surface area contributed by atoms with Crippen molar-refractivity contribution < 1.29 is 14.4 Å². The van der Waals surface area contributed by atoms with Crippen LogP contribution >= 0.6 is 0 Å². The van der Waals surface area contributed by atoms with E-state index < -0.39 is 17.9 Å². The average Bonchev–Trinajstić information content (AvgIpc) is 3.25. The number of amides is 3. The molecule has 0 unspecified atom stereocenters. The molecule has 0 aliphatic carbocycles. The maximum atomic E-state index is 13.6. The first-order chi connectivity index (χ1) is 14.6. The molecule has 1 fully saturated rings. The van der Waals surface area contributed by atoms with Crippen molar-refractivity contribution in [1.29, 1.82) is 0 Å². The van der Waals surface area contributed by atoms with E-state index in [1.807, 2.05) is 30.3 Å². The standard InChI is InChI=1S/C22H27N5O3/c1-2-3-10-25-12-13-27(22(30)21(25)29)19(16-7-5-4-6-8-16)20(28)26-11-9-18-17(15-26)14-23-24-18/h4-8,14,19H,2-3,9-13,15H2,1H3,(H,23,24)/t19-/m1/s1. The summed E-state index contributed by atoms with van der Waals surface area (Å²) in [6.45, 7) is 4.44. The first-order valence-electron chi connectivity index (χ1n) is 10.5. The maximum Gasteiger partial charge on any atom is 0.313 e. The summed E-state index contributed by atoms with van der Waals surface area (Å²) >= 11 is 0. The van der Waals surface area contributed by atoms with E-state index in [0.717, 1.165) is 29.7 Å². The molecule has 1 N–H and O–H groups in total.